The van der Waals surface area contributed by atoms with Crippen LogP contribution in [-0.2, 0) is 43.4 Å². The summed E-state index contributed by atoms with van der Waals surface area (Å²) in [6.45, 7) is 2.77. The van der Waals surface area contributed by atoms with Gasteiger partial charge >= 0.3 is 28.5 Å². The number of carboxylic acids is 1. The lowest BCUT2D eigenvalue weighted by molar-refractivity contribution is -0.218. The van der Waals surface area contributed by atoms with Crippen molar-refractivity contribution in [3.63, 3.8) is 0 Å². The summed E-state index contributed by atoms with van der Waals surface area (Å²) in [6, 6.07) is 3.61. The van der Waals surface area contributed by atoms with Crippen molar-refractivity contribution in [3.8, 4) is 5.75 Å². The highest BCUT2D eigenvalue weighted by Gasteiger charge is 2.58. The largest absolute Gasteiger partial charge is 0.490 e. The van der Waals surface area contributed by atoms with E-state index in [1.54, 1.807) is 18.2 Å². The molecule has 2 unspecified atom stereocenters. The first kappa shape index (κ1) is 41.7. The number of amides is 2. The molecule has 52 heavy (non-hydrogen) atoms. The number of hydrogen-bond acceptors (Lipinski definition) is 17. The number of imidazole rings is 1. The highest BCUT2D eigenvalue weighted by atomic mass is 32.3. The van der Waals surface area contributed by atoms with Crippen LogP contribution in [-0.4, -0.2) is 117 Å². The van der Waals surface area contributed by atoms with Gasteiger partial charge in [-0.15, -0.1) is 15.6 Å². The number of β-lactam (4-membered cyclic amide) rings is 1. The molecule has 2 atom stereocenters. The predicted octanol–water partition coefficient (Wildman–Crippen LogP) is 0.857. The molecule has 0 aliphatic carbocycles. The second kappa shape index (κ2) is 17.2. The predicted molar refractivity (Wildman–Crippen MR) is 175 cm³/mol. The van der Waals surface area contributed by atoms with Gasteiger partial charge in [-0.05, 0) is 38.9 Å². The maximum absolute atomic E-state index is 13.2. The third-order valence-corrected chi connectivity index (χ3v) is 8.46. The molecule has 1 aliphatic rings. The van der Waals surface area contributed by atoms with E-state index >= 15 is 0 Å². The van der Waals surface area contributed by atoms with Gasteiger partial charge in [0.2, 0.25) is 0 Å². The average Bonchev–Trinajstić information content (AvgIpc) is 3.67. The Labute approximate surface area is 299 Å². The molecule has 26 heteroatoms. The van der Waals surface area contributed by atoms with Gasteiger partial charge in [-0.2, -0.15) is 26.7 Å². The van der Waals surface area contributed by atoms with Gasteiger partial charge in [0.05, 0.1) is 23.7 Å². The minimum absolute atomic E-state index is 0.0570. The summed E-state index contributed by atoms with van der Waals surface area (Å²) in [6.07, 6.45) is -5.71. The van der Waals surface area contributed by atoms with Crippen LogP contribution in [0.2, 0.25) is 0 Å². The summed E-state index contributed by atoms with van der Waals surface area (Å²) in [5.74, 6) is -4.54. The molecule has 0 saturated carbocycles. The lowest BCUT2D eigenvalue weighted by Gasteiger charge is -2.50. The van der Waals surface area contributed by atoms with Crippen LogP contribution < -0.4 is 21.5 Å². The molecule has 0 radical (unpaired) electrons. The Morgan fingerprint density at radius 2 is 1.96 bits per heavy atom. The lowest BCUT2D eigenvalue weighted by Crippen LogP contribution is -2.76. The van der Waals surface area contributed by atoms with Crippen molar-refractivity contribution >= 4 is 79.1 Å². The first-order valence-electron chi connectivity index (χ1n) is 14.3. The number of hydroxylamine groups is 2. The van der Waals surface area contributed by atoms with Gasteiger partial charge in [0.25, 0.3) is 17.9 Å². The van der Waals surface area contributed by atoms with Crippen LogP contribution in [0.15, 0.2) is 33.9 Å². The zero-order chi connectivity index (χ0) is 39.0. The molecule has 8 N–H and O–H groups in total. The standard InChI is InChI=1S/C23H28N8O10S3.C3H3F3O2/c1-23(2)17(19(33)31(23)41-44(36,37)38)29-18(32)16(14-10-43-21(25)26-14)30-40-15(20(34)35)9-39-11-4-5-12-13(8-11)28-22(27-12)42-7-3-6-24;1-8-2(7)3(4,5)6/h4-5,8,10,15,17H,3,6-7,9,24H2,1-2H3,(H2,25,26)(H,27,28)(H,29,32)(H,34,35)(H,36,37,38);1H3/b30-16-;. The smallest absolute Gasteiger partial charge is 0.489 e. The highest BCUT2D eigenvalue weighted by molar-refractivity contribution is 7.99. The van der Waals surface area contributed by atoms with Gasteiger partial charge in [0, 0.05) is 17.2 Å². The number of alkyl halides is 3. The molecule has 20 nitrogen and oxygen atoms in total. The summed E-state index contributed by atoms with van der Waals surface area (Å²) < 4.78 is 77.2. The summed E-state index contributed by atoms with van der Waals surface area (Å²) in [7, 11) is -4.34. The maximum atomic E-state index is 13.2. The number of hydrogen-bond donors (Lipinski definition) is 6. The van der Waals surface area contributed by atoms with Crippen LogP contribution in [0.5, 0.6) is 5.75 Å². The summed E-state index contributed by atoms with van der Waals surface area (Å²) in [5.41, 5.74) is 10.5. The van der Waals surface area contributed by atoms with Crippen LogP contribution in [0.25, 0.3) is 11.0 Å². The van der Waals surface area contributed by atoms with Gasteiger partial charge < -0.3 is 41.2 Å². The average molecular weight is 801 g/mol. The summed E-state index contributed by atoms with van der Waals surface area (Å²) in [4.78, 5) is 63.8. The Bertz CT molecular complexity index is 1920. The monoisotopic (exact) mass is 800 g/mol. The molecule has 286 valence electrons. The Balaban J connectivity index is 0.000000815. The molecule has 1 aliphatic heterocycles. The van der Waals surface area contributed by atoms with Crippen LogP contribution >= 0.6 is 23.1 Å². The number of ether oxygens (including phenoxy) is 2. The second-order valence-corrected chi connectivity index (χ2v) is 13.6. The van der Waals surface area contributed by atoms with E-state index in [1.165, 1.54) is 31.0 Å². The number of oxime groups is 1. The Morgan fingerprint density at radius 3 is 2.48 bits per heavy atom. The number of fused-ring (bicyclic) bond motifs is 1. The van der Waals surface area contributed by atoms with Gasteiger partial charge in [-0.3, -0.25) is 14.1 Å². The number of halogens is 3. The van der Waals surface area contributed by atoms with Crippen LogP contribution in [0.4, 0.5) is 18.3 Å². The molecule has 2 amide bonds. The molecule has 1 aromatic carbocycles. The fourth-order valence-corrected chi connectivity index (χ4v) is 5.80. The number of thiazole rings is 1. The van der Waals surface area contributed by atoms with Crippen molar-refractivity contribution in [1.82, 2.24) is 25.3 Å². The molecule has 1 saturated heterocycles. The van der Waals surface area contributed by atoms with E-state index < -0.39 is 70.3 Å². The number of nitrogens with one attached hydrogen (secondary N) is 2. The molecule has 3 aromatic rings. The number of nitrogens with zero attached hydrogens (tertiary/aromatic N) is 4. The van der Waals surface area contributed by atoms with E-state index in [2.05, 4.69) is 34.4 Å². The Kier molecular flexibility index (Phi) is 13.8. The summed E-state index contributed by atoms with van der Waals surface area (Å²) >= 11 is 2.47. The zero-order valence-corrected chi connectivity index (χ0v) is 29.5. The van der Waals surface area contributed by atoms with Crippen molar-refractivity contribution in [1.29, 1.82) is 0 Å². The highest BCUT2D eigenvalue weighted by Crippen LogP contribution is 2.33. The van der Waals surface area contributed by atoms with Crippen molar-refractivity contribution in [2.75, 3.05) is 31.7 Å². The number of aromatic nitrogens is 3. The van der Waals surface area contributed by atoms with Crippen LogP contribution in [0, 0.1) is 0 Å². The van der Waals surface area contributed by atoms with Gasteiger partial charge in [-0.1, -0.05) is 16.9 Å². The number of aliphatic carboxylic acids is 1. The van der Waals surface area contributed by atoms with E-state index in [9.17, 15) is 45.9 Å². The van der Waals surface area contributed by atoms with Crippen molar-refractivity contribution in [2.24, 2.45) is 10.9 Å². The number of carboxylic acid groups (broad SMARTS) is 1. The van der Waals surface area contributed by atoms with E-state index in [0.717, 1.165) is 23.5 Å². The normalized spacial score (nSPS) is 16.3. The number of nitrogens with two attached hydrogens (primary N) is 2. The molecular formula is C26H31F3N8O12S3. The minimum Gasteiger partial charge on any atom is -0.489 e. The number of esters is 1. The molecule has 2 aromatic heterocycles. The first-order valence-corrected chi connectivity index (χ1v) is 17.5. The minimum atomic E-state index is -5.01. The van der Waals surface area contributed by atoms with Crippen molar-refractivity contribution in [3.05, 3.63) is 29.3 Å². The van der Waals surface area contributed by atoms with E-state index in [1.807, 2.05) is 0 Å². The molecule has 3 heterocycles. The first-order chi connectivity index (χ1) is 24.2. The molecule has 4 rings (SSSR count). The quantitative estimate of drug-likeness (QED) is 0.0236. The maximum Gasteiger partial charge on any atom is 0.490 e. The third-order valence-electron chi connectivity index (χ3n) is 6.48. The van der Waals surface area contributed by atoms with Gasteiger partial charge in [-0.25, -0.2) is 19.6 Å². The van der Waals surface area contributed by atoms with Gasteiger partial charge in [0.1, 0.15) is 24.1 Å². The fraction of sp³-hybridized carbons (Fsp3) is 0.423. The van der Waals surface area contributed by atoms with Crippen LogP contribution in [0.1, 0.15) is 26.0 Å². The number of rotatable bonds is 15. The number of carbonyl (C=O) groups excluding carboxylic acids is 3. The van der Waals surface area contributed by atoms with Crippen molar-refractivity contribution < 1.29 is 69.0 Å². The number of carbonyl (C=O) groups is 4. The number of anilines is 1. The topological polar surface area (TPSA) is 301 Å². The molecule has 0 bridgehead atoms. The van der Waals surface area contributed by atoms with E-state index in [-0.39, 0.29) is 10.8 Å². The zero-order valence-electron chi connectivity index (χ0n) is 27.1. The van der Waals surface area contributed by atoms with Gasteiger partial charge in [0.15, 0.2) is 16.0 Å². The summed E-state index contributed by atoms with van der Waals surface area (Å²) in [5, 5.41) is 18.3. The fourth-order valence-electron chi connectivity index (χ4n) is 3.95. The Morgan fingerprint density at radius 1 is 1.27 bits per heavy atom. The second-order valence-electron chi connectivity index (χ2n) is 10.7. The molecule has 1 fully saturated rings. The van der Waals surface area contributed by atoms with Crippen molar-refractivity contribution in [2.45, 2.75) is 49.3 Å². The number of thioether (sulfide) groups is 1. The lowest BCUT2D eigenvalue weighted by atomic mass is 9.84. The van der Waals surface area contributed by atoms with E-state index in [4.69, 9.17) is 25.6 Å². The van der Waals surface area contributed by atoms with Crippen LogP contribution in [0.3, 0.4) is 0 Å². The Hall–Kier alpha value is -4.76. The molecular weight excluding hydrogens is 770 g/mol. The SMILES string of the molecule is CC1(C)C(NC(=O)/C(=N\OC(COc2ccc3nc(SCCCN)[nH]c3c2)C(=O)O)c2csc(N)n2)C(=O)N1OS(=O)(=O)O.COC(=O)C(F)(F)F. The number of benzene rings is 1. The van der Waals surface area contributed by atoms with E-state index in [0.29, 0.717) is 40.7 Å². The third kappa shape index (κ3) is 11.1. The number of aromatic amines is 1. The molecule has 0 spiro atoms. The number of H-pyrrole nitrogens is 1. The number of nitrogen functional groups attached to an aromatic ring is 1. The number of methoxy groups -OCH3 is 1.